The van der Waals surface area contributed by atoms with Gasteiger partial charge in [-0.15, -0.1) is 0 Å². The molecule has 1 amide bonds. The number of hydrogen-bond acceptors (Lipinski definition) is 5. The minimum atomic E-state index is -0.567. The van der Waals surface area contributed by atoms with E-state index in [9.17, 15) is 14.9 Å². The highest BCUT2D eigenvalue weighted by molar-refractivity contribution is 6.34. The minimum absolute atomic E-state index is 0.0305. The SMILES string of the molecule is Cc1ccc2c(c1)/C(=C/c1onc(C)c1[N+](=O)[O-])C(=O)N2. The summed E-state index contributed by atoms with van der Waals surface area (Å²) in [6.45, 7) is 3.39. The molecule has 0 unspecified atom stereocenters. The largest absolute Gasteiger partial charge is 0.349 e. The van der Waals surface area contributed by atoms with Crippen molar-refractivity contribution in [2.45, 2.75) is 13.8 Å². The minimum Gasteiger partial charge on any atom is -0.349 e. The molecule has 1 aromatic heterocycles. The third kappa shape index (κ3) is 2.08. The molecular weight excluding hydrogens is 274 g/mol. The summed E-state index contributed by atoms with van der Waals surface area (Å²) in [7, 11) is 0. The summed E-state index contributed by atoms with van der Waals surface area (Å²) in [5.74, 6) is -0.351. The number of nitro groups is 1. The second kappa shape index (κ2) is 4.55. The predicted molar refractivity (Wildman–Crippen MR) is 75.6 cm³/mol. The molecule has 1 aliphatic heterocycles. The van der Waals surface area contributed by atoms with E-state index in [2.05, 4.69) is 10.5 Å². The lowest BCUT2D eigenvalue weighted by Gasteiger charge is -1.99. The molecule has 2 heterocycles. The summed E-state index contributed by atoms with van der Waals surface area (Å²) in [6.07, 6.45) is 1.36. The number of carbonyl (C=O) groups is 1. The van der Waals surface area contributed by atoms with Crippen LogP contribution in [0.5, 0.6) is 0 Å². The van der Waals surface area contributed by atoms with Gasteiger partial charge in [0.05, 0.1) is 10.5 Å². The summed E-state index contributed by atoms with van der Waals surface area (Å²) in [5, 5.41) is 17.3. The number of anilines is 1. The number of aromatic nitrogens is 1. The Balaban J connectivity index is 2.16. The van der Waals surface area contributed by atoms with Gasteiger partial charge < -0.3 is 9.84 Å². The smallest absolute Gasteiger partial charge is 0.338 e. The van der Waals surface area contributed by atoms with Crippen molar-refractivity contribution in [3.05, 3.63) is 50.9 Å². The number of rotatable bonds is 2. The molecular formula is C14H11N3O4. The van der Waals surface area contributed by atoms with Crippen molar-refractivity contribution in [1.29, 1.82) is 0 Å². The van der Waals surface area contributed by atoms with E-state index in [0.717, 1.165) is 5.56 Å². The zero-order chi connectivity index (χ0) is 15.1. The predicted octanol–water partition coefficient (Wildman–Crippen LogP) is 2.69. The Morgan fingerprint density at radius 2 is 2.14 bits per heavy atom. The van der Waals surface area contributed by atoms with Gasteiger partial charge in [-0.3, -0.25) is 14.9 Å². The van der Waals surface area contributed by atoms with Gasteiger partial charge in [-0.2, -0.15) is 0 Å². The average molecular weight is 285 g/mol. The molecule has 0 spiro atoms. The number of nitrogens with zero attached hydrogens (tertiary/aromatic N) is 2. The molecule has 0 radical (unpaired) electrons. The van der Waals surface area contributed by atoms with E-state index in [1.807, 2.05) is 19.1 Å². The fourth-order valence-electron chi connectivity index (χ4n) is 2.28. The van der Waals surface area contributed by atoms with E-state index in [1.54, 1.807) is 6.07 Å². The second-order valence-electron chi connectivity index (χ2n) is 4.80. The van der Waals surface area contributed by atoms with Crippen LogP contribution in [-0.4, -0.2) is 16.0 Å². The van der Waals surface area contributed by atoms with Crippen molar-refractivity contribution >= 4 is 28.9 Å². The summed E-state index contributed by atoms with van der Waals surface area (Å²) in [6, 6.07) is 5.51. The van der Waals surface area contributed by atoms with E-state index < -0.39 is 4.92 Å². The molecule has 0 saturated heterocycles. The molecule has 7 heteroatoms. The van der Waals surface area contributed by atoms with Crippen LogP contribution in [0, 0.1) is 24.0 Å². The molecule has 1 aliphatic rings. The quantitative estimate of drug-likeness (QED) is 0.519. The van der Waals surface area contributed by atoms with Gasteiger partial charge in [-0.05, 0) is 26.0 Å². The van der Waals surface area contributed by atoms with Crippen molar-refractivity contribution in [2.24, 2.45) is 0 Å². The number of carbonyl (C=O) groups excluding carboxylic acids is 1. The van der Waals surface area contributed by atoms with Gasteiger partial charge in [0, 0.05) is 17.3 Å². The van der Waals surface area contributed by atoms with E-state index in [-0.39, 0.29) is 23.0 Å². The molecule has 0 aliphatic carbocycles. The lowest BCUT2D eigenvalue weighted by atomic mass is 10.0. The molecule has 0 saturated carbocycles. The molecule has 0 atom stereocenters. The fourth-order valence-corrected chi connectivity index (χ4v) is 2.28. The van der Waals surface area contributed by atoms with Crippen LogP contribution in [0.15, 0.2) is 22.7 Å². The molecule has 1 aromatic carbocycles. The maximum atomic E-state index is 12.0. The topological polar surface area (TPSA) is 98.3 Å². The first-order valence-electron chi connectivity index (χ1n) is 6.22. The highest BCUT2D eigenvalue weighted by Crippen LogP contribution is 2.35. The van der Waals surface area contributed by atoms with Crippen LogP contribution < -0.4 is 5.32 Å². The molecule has 106 valence electrons. The normalized spacial score (nSPS) is 15.1. The highest BCUT2D eigenvalue weighted by Gasteiger charge is 2.28. The van der Waals surface area contributed by atoms with Gasteiger partial charge in [0.2, 0.25) is 5.76 Å². The first-order valence-corrected chi connectivity index (χ1v) is 6.22. The Hall–Kier alpha value is -2.96. The van der Waals surface area contributed by atoms with E-state index >= 15 is 0 Å². The van der Waals surface area contributed by atoms with Crippen molar-refractivity contribution < 1.29 is 14.2 Å². The Bertz CT molecular complexity index is 805. The van der Waals surface area contributed by atoms with E-state index in [1.165, 1.54) is 13.0 Å². The Kier molecular flexibility index (Phi) is 2.83. The Labute approximate surface area is 119 Å². The van der Waals surface area contributed by atoms with Gasteiger partial charge in [0.15, 0.2) is 5.69 Å². The number of benzene rings is 1. The van der Waals surface area contributed by atoms with Crippen LogP contribution in [0.25, 0.3) is 11.6 Å². The van der Waals surface area contributed by atoms with Crippen LogP contribution in [0.1, 0.15) is 22.6 Å². The maximum Gasteiger partial charge on any atom is 0.338 e. The third-order valence-electron chi connectivity index (χ3n) is 3.27. The lowest BCUT2D eigenvalue weighted by Crippen LogP contribution is -2.03. The molecule has 0 bridgehead atoms. The van der Waals surface area contributed by atoms with Gasteiger partial charge in [-0.25, -0.2) is 0 Å². The summed E-state index contributed by atoms with van der Waals surface area (Å²) in [4.78, 5) is 22.5. The Morgan fingerprint density at radius 1 is 1.38 bits per heavy atom. The average Bonchev–Trinajstić information content (AvgIpc) is 2.92. The standard InChI is InChI=1S/C14H11N3O4/c1-7-3-4-11-9(5-7)10(14(18)15-11)6-12-13(17(19)20)8(2)16-21-12/h3-6H,1-2H3,(H,15,18)/b10-6-. The fraction of sp³-hybridized carbons (Fsp3) is 0.143. The van der Waals surface area contributed by atoms with Crippen molar-refractivity contribution in [3.63, 3.8) is 0 Å². The van der Waals surface area contributed by atoms with Crippen LogP contribution in [0.2, 0.25) is 0 Å². The number of fused-ring (bicyclic) bond motifs is 1. The number of amides is 1. The highest BCUT2D eigenvalue weighted by atomic mass is 16.6. The maximum absolute atomic E-state index is 12.0. The number of hydrogen-bond donors (Lipinski definition) is 1. The van der Waals surface area contributed by atoms with Crippen molar-refractivity contribution in [1.82, 2.24) is 5.16 Å². The zero-order valence-corrected chi connectivity index (χ0v) is 11.3. The molecule has 3 rings (SSSR count). The lowest BCUT2D eigenvalue weighted by molar-refractivity contribution is -0.386. The second-order valence-corrected chi connectivity index (χ2v) is 4.80. The van der Waals surface area contributed by atoms with Gasteiger partial charge in [0.1, 0.15) is 0 Å². The molecule has 7 nitrogen and oxygen atoms in total. The first kappa shape index (κ1) is 13.0. The van der Waals surface area contributed by atoms with Crippen LogP contribution in [0.4, 0.5) is 11.4 Å². The number of aryl methyl sites for hydroxylation is 2. The van der Waals surface area contributed by atoms with Gasteiger partial charge >= 0.3 is 5.69 Å². The zero-order valence-electron chi connectivity index (χ0n) is 11.3. The summed E-state index contributed by atoms with van der Waals surface area (Å²) >= 11 is 0. The van der Waals surface area contributed by atoms with Crippen LogP contribution in [0.3, 0.4) is 0 Å². The van der Waals surface area contributed by atoms with Gasteiger partial charge in [-0.1, -0.05) is 16.8 Å². The number of nitrogens with one attached hydrogen (secondary N) is 1. The Morgan fingerprint density at radius 3 is 2.86 bits per heavy atom. The molecule has 0 fully saturated rings. The first-order chi connectivity index (χ1) is 9.97. The van der Waals surface area contributed by atoms with E-state index in [0.29, 0.717) is 16.8 Å². The third-order valence-corrected chi connectivity index (χ3v) is 3.27. The van der Waals surface area contributed by atoms with Crippen molar-refractivity contribution in [2.75, 3.05) is 5.32 Å². The van der Waals surface area contributed by atoms with Crippen molar-refractivity contribution in [3.8, 4) is 0 Å². The molecule has 1 N–H and O–H groups in total. The van der Waals surface area contributed by atoms with Gasteiger partial charge in [0.25, 0.3) is 5.91 Å². The monoisotopic (exact) mass is 285 g/mol. The summed E-state index contributed by atoms with van der Waals surface area (Å²) in [5.41, 5.74) is 2.64. The van der Waals surface area contributed by atoms with Crippen LogP contribution >= 0.6 is 0 Å². The molecule has 2 aromatic rings. The van der Waals surface area contributed by atoms with Crippen LogP contribution in [-0.2, 0) is 4.79 Å². The summed E-state index contributed by atoms with van der Waals surface area (Å²) < 4.78 is 4.96. The van der Waals surface area contributed by atoms with E-state index in [4.69, 9.17) is 4.52 Å². The molecule has 21 heavy (non-hydrogen) atoms.